The summed E-state index contributed by atoms with van der Waals surface area (Å²) in [7, 11) is 0. The SMILES string of the molecule is CCCCCN(CCCCC)C(=O)c1cccc(C)c1. The number of hydrogen-bond donors (Lipinski definition) is 0. The molecule has 0 saturated heterocycles. The molecule has 1 aromatic carbocycles. The average Bonchev–Trinajstić information content (AvgIpc) is 2.45. The number of rotatable bonds is 9. The maximum absolute atomic E-state index is 12.6. The molecular formula is C18H29NO. The molecule has 2 nitrogen and oxygen atoms in total. The van der Waals surface area contributed by atoms with Crippen LogP contribution in [0.5, 0.6) is 0 Å². The minimum Gasteiger partial charge on any atom is -0.339 e. The van der Waals surface area contributed by atoms with E-state index < -0.39 is 0 Å². The van der Waals surface area contributed by atoms with Gasteiger partial charge in [0.05, 0.1) is 0 Å². The zero-order valence-corrected chi connectivity index (χ0v) is 13.3. The molecule has 1 aromatic rings. The number of amides is 1. The van der Waals surface area contributed by atoms with Gasteiger partial charge < -0.3 is 4.90 Å². The fourth-order valence-electron chi connectivity index (χ4n) is 2.38. The molecule has 0 bridgehead atoms. The number of benzene rings is 1. The molecule has 0 saturated carbocycles. The predicted molar refractivity (Wildman–Crippen MR) is 86.1 cm³/mol. The van der Waals surface area contributed by atoms with Crippen molar-refractivity contribution in [1.29, 1.82) is 0 Å². The summed E-state index contributed by atoms with van der Waals surface area (Å²) in [5.74, 6) is 0.195. The van der Waals surface area contributed by atoms with Crippen molar-refractivity contribution < 1.29 is 4.79 Å². The molecule has 0 aliphatic carbocycles. The van der Waals surface area contributed by atoms with Crippen LogP contribution in [-0.4, -0.2) is 23.9 Å². The molecule has 0 aromatic heterocycles. The van der Waals surface area contributed by atoms with Gasteiger partial charge in [0, 0.05) is 18.7 Å². The second kappa shape index (κ2) is 9.57. The van der Waals surface area contributed by atoms with E-state index in [1.54, 1.807) is 0 Å². The van der Waals surface area contributed by atoms with Gasteiger partial charge in [-0.05, 0) is 31.9 Å². The maximum atomic E-state index is 12.6. The molecule has 1 rings (SSSR count). The molecule has 0 unspecified atom stereocenters. The van der Waals surface area contributed by atoms with Gasteiger partial charge in [-0.2, -0.15) is 0 Å². The molecule has 0 aliphatic heterocycles. The topological polar surface area (TPSA) is 20.3 Å². The first-order chi connectivity index (χ1) is 9.69. The second-order valence-corrected chi connectivity index (χ2v) is 5.58. The van der Waals surface area contributed by atoms with Crippen molar-refractivity contribution in [3.05, 3.63) is 35.4 Å². The summed E-state index contributed by atoms with van der Waals surface area (Å²) < 4.78 is 0. The Morgan fingerprint density at radius 3 is 2.10 bits per heavy atom. The Labute approximate surface area is 124 Å². The minimum absolute atomic E-state index is 0.195. The molecule has 0 N–H and O–H groups in total. The van der Waals surface area contributed by atoms with Crippen molar-refractivity contribution in [2.45, 2.75) is 59.3 Å². The van der Waals surface area contributed by atoms with E-state index in [0.717, 1.165) is 37.1 Å². The minimum atomic E-state index is 0.195. The Kier molecular flexibility index (Phi) is 8.01. The van der Waals surface area contributed by atoms with E-state index in [1.807, 2.05) is 36.1 Å². The molecule has 112 valence electrons. The van der Waals surface area contributed by atoms with Gasteiger partial charge in [-0.25, -0.2) is 0 Å². The van der Waals surface area contributed by atoms with Crippen LogP contribution in [0.1, 0.15) is 68.3 Å². The number of carbonyl (C=O) groups is 1. The van der Waals surface area contributed by atoms with Crippen molar-refractivity contribution in [1.82, 2.24) is 4.90 Å². The molecule has 0 aliphatic rings. The second-order valence-electron chi connectivity index (χ2n) is 5.58. The highest BCUT2D eigenvalue weighted by Gasteiger charge is 2.14. The normalized spacial score (nSPS) is 10.6. The van der Waals surface area contributed by atoms with Gasteiger partial charge in [0.25, 0.3) is 5.91 Å². The molecule has 0 atom stereocenters. The van der Waals surface area contributed by atoms with E-state index in [4.69, 9.17) is 0 Å². The van der Waals surface area contributed by atoms with Crippen LogP contribution in [0, 0.1) is 6.92 Å². The number of aryl methyl sites for hydroxylation is 1. The van der Waals surface area contributed by atoms with Gasteiger partial charge in [0.1, 0.15) is 0 Å². The lowest BCUT2D eigenvalue weighted by Crippen LogP contribution is -2.33. The highest BCUT2D eigenvalue weighted by Crippen LogP contribution is 2.11. The third-order valence-electron chi connectivity index (χ3n) is 3.62. The van der Waals surface area contributed by atoms with Crippen LogP contribution in [0.4, 0.5) is 0 Å². The van der Waals surface area contributed by atoms with Crippen LogP contribution >= 0.6 is 0 Å². The average molecular weight is 275 g/mol. The smallest absolute Gasteiger partial charge is 0.253 e. The standard InChI is InChI=1S/C18H29NO/c1-4-6-8-13-19(14-9-7-5-2)18(20)17-12-10-11-16(3)15-17/h10-12,15H,4-9,13-14H2,1-3H3. The molecule has 0 heterocycles. The first-order valence-corrected chi connectivity index (χ1v) is 8.05. The van der Waals surface area contributed by atoms with Crippen molar-refractivity contribution in [2.24, 2.45) is 0 Å². The van der Waals surface area contributed by atoms with Gasteiger partial charge in [0.15, 0.2) is 0 Å². The van der Waals surface area contributed by atoms with Gasteiger partial charge in [-0.1, -0.05) is 57.2 Å². The molecule has 1 amide bonds. The summed E-state index contributed by atoms with van der Waals surface area (Å²) in [6.45, 7) is 8.22. The Morgan fingerprint density at radius 2 is 1.60 bits per heavy atom. The quantitative estimate of drug-likeness (QED) is 0.592. The largest absolute Gasteiger partial charge is 0.339 e. The summed E-state index contributed by atoms with van der Waals surface area (Å²) in [5, 5.41) is 0. The zero-order valence-electron chi connectivity index (χ0n) is 13.3. The van der Waals surface area contributed by atoms with Crippen LogP contribution in [0.25, 0.3) is 0 Å². The van der Waals surface area contributed by atoms with Crippen LogP contribution in [0.15, 0.2) is 24.3 Å². The van der Waals surface area contributed by atoms with Crippen molar-refractivity contribution in [3.63, 3.8) is 0 Å². The van der Waals surface area contributed by atoms with Gasteiger partial charge in [-0.15, -0.1) is 0 Å². The highest BCUT2D eigenvalue weighted by molar-refractivity contribution is 5.94. The summed E-state index contributed by atoms with van der Waals surface area (Å²) in [6, 6.07) is 7.94. The van der Waals surface area contributed by atoms with E-state index in [2.05, 4.69) is 13.8 Å². The van der Waals surface area contributed by atoms with Crippen molar-refractivity contribution in [2.75, 3.05) is 13.1 Å². The third-order valence-corrected chi connectivity index (χ3v) is 3.62. The Hall–Kier alpha value is -1.31. The molecule has 0 radical (unpaired) electrons. The predicted octanol–water partition coefficient (Wildman–Crippen LogP) is 4.82. The first-order valence-electron chi connectivity index (χ1n) is 8.05. The molecular weight excluding hydrogens is 246 g/mol. The molecule has 0 fully saturated rings. The third kappa shape index (κ3) is 5.77. The van der Waals surface area contributed by atoms with Crippen LogP contribution in [-0.2, 0) is 0 Å². The molecule has 20 heavy (non-hydrogen) atoms. The van der Waals surface area contributed by atoms with Gasteiger partial charge in [0.2, 0.25) is 0 Å². The fourth-order valence-corrected chi connectivity index (χ4v) is 2.38. The van der Waals surface area contributed by atoms with Crippen LogP contribution in [0.2, 0.25) is 0 Å². The Bertz CT molecular complexity index is 390. The molecule has 0 spiro atoms. The summed E-state index contributed by atoms with van der Waals surface area (Å²) >= 11 is 0. The summed E-state index contributed by atoms with van der Waals surface area (Å²) in [5.41, 5.74) is 1.98. The summed E-state index contributed by atoms with van der Waals surface area (Å²) in [4.78, 5) is 14.7. The zero-order chi connectivity index (χ0) is 14.8. The molecule has 2 heteroatoms. The van der Waals surface area contributed by atoms with E-state index in [-0.39, 0.29) is 5.91 Å². The lowest BCUT2D eigenvalue weighted by atomic mass is 10.1. The lowest BCUT2D eigenvalue weighted by molar-refractivity contribution is 0.0749. The number of carbonyl (C=O) groups excluding carboxylic acids is 1. The van der Waals surface area contributed by atoms with Crippen LogP contribution < -0.4 is 0 Å². The van der Waals surface area contributed by atoms with E-state index in [1.165, 1.54) is 25.7 Å². The van der Waals surface area contributed by atoms with Gasteiger partial charge >= 0.3 is 0 Å². The number of hydrogen-bond acceptors (Lipinski definition) is 1. The van der Waals surface area contributed by atoms with Crippen molar-refractivity contribution >= 4 is 5.91 Å². The lowest BCUT2D eigenvalue weighted by Gasteiger charge is -2.23. The first kappa shape index (κ1) is 16.7. The number of unbranched alkanes of at least 4 members (excludes halogenated alkanes) is 4. The monoisotopic (exact) mass is 275 g/mol. The maximum Gasteiger partial charge on any atom is 0.253 e. The van der Waals surface area contributed by atoms with Crippen molar-refractivity contribution in [3.8, 4) is 0 Å². The van der Waals surface area contributed by atoms with E-state index in [0.29, 0.717) is 0 Å². The number of nitrogens with zero attached hydrogens (tertiary/aromatic N) is 1. The van der Waals surface area contributed by atoms with Crippen LogP contribution in [0.3, 0.4) is 0 Å². The Morgan fingerprint density at radius 1 is 1.00 bits per heavy atom. The fraction of sp³-hybridized carbons (Fsp3) is 0.611. The van der Waals surface area contributed by atoms with E-state index in [9.17, 15) is 4.79 Å². The van der Waals surface area contributed by atoms with E-state index >= 15 is 0 Å². The van der Waals surface area contributed by atoms with Gasteiger partial charge in [-0.3, -0.25) is 4.79 Å². The summed E-state index contributed by atoms with van der Waals surface area (Å²) in [6.07, 6.45) is 7.01. The Balaban J connectivity index is 2.66. The highest BCUT2D eigenvalue weighted by atomic mass is 16.2.